The van der Waals surface area contributed by atoms with E-state index in [1.165, 1.54) is 25.7 Å². The maximum atomic E-state index is 11.7. The van der Waals surface area contributed by atoms with Gasteiger partial charge < -0.3 is 0 Å². The first-order valence-corrected chi connectivity index (χ1v) is 7.29. The second kappa shape index (κ2) is 5.35. The molecule has 1 atom stereocenters. The van der Waals surface area contributed by atoms with E-state index >= 15 is 0 Å². The number of thioether (sulfide) groups is 1. The van der Waals surface area contributed by atoms with Gasteiger partial charge in [0.1, 0.15) is 11.6 Å². The highest BCUT2D eigenvalue weighted by Crippen LogP contribution is 2.36. The first-order valence-electron chi connectivity index (χ1n) is 6.35. The van der Waals surface area contributed by atoms with E-state index in [2.05, 4.69) is 6.92 Å². The van der Waals surface area contributed by atoms with Gasteiger partial charge in [-0.25, -0.2) is 0 Å². The zero-order valence-electron chi connectivity index (χ0n) is 9.91. The highest BCUT2D eigenvalue weighted by Gasteiger charge is 2.31. The van der Waals surface area contributed by atoms with Gasteiger partial charge in [-0.2, -0.15) is 0 Å². The van der Waals surface area contributed by atoms with Crippen LogP contribution in [0, 0.1) is 5.92 Å². The molecule has 0 aromatic carbocycles. The molecular formula is C13H20O2S. The molecule has 3 heteroatoms. The smallest absolute Gasteiger partial charge is 0.146 e. The molecule has 0 aliphatic heterocycles. The minimum Gasteiger partial charge on any atom is -0.300 e. The summed E-state index contributed by atoms with van der Waals surface area (Å²) in [5.41, 5.74) is 0. The molecule has 2 fully saturated rings. The molecule has 0 spiro atoms. The Kier molecular flexibility index (Phi) is 4.06. The van der Waals surface area contributed by atoms with Gasteiger partial charge in [0, 0.05) is 24.5 Å². The average molecular weight is 240 g/mol. The van der Waals surface area contributed by atoms with Gasteiger partial charge in [-0.15, -0.1) is 11.8 Å². The van der Waals surface area contributed by atoms with Crippen LogP contribution in [0.25, 0.3) is 0 Å². The van der Waals surface area contributed by atoms with E-state index in [-0.39, 0.29) is 11.0 Å². The van der Waals surface area contributed by atoms with E-state index in [0.717, 1.165) is 5.92 Å². The van der Waals surface area contributed by atoms with Gasteiger partial charge in [-0.05, 0) is 31.6 Å². The van der Waals surface area contributed by atoms with Crippen LogP contribution < -0.4 is 0 Å². The van der Waals surface area contributed by atoms with Crippen LogP contribution >= 0.6 is 11.8 Å². The van der Waals surface area contributed by atoms with Crippen molar-refractivity contribution in [1.29, 1.82) is 0 Å². The molecule has 2 aliphatic rings. The predicted molar refractivity (Wildman–Crippen MR) is 66.7 cm³/mol. The van der Waals surface area contributed by atoms with Gasteiger partial charge >= 0.3 is 0 Å². The summed E-state index contributed by atoms with van der Waals surface area (Å²) in [5, 5.41) is 0.607. The zero-order valence-corrected chi connectivity index (χ0v) is 10.7. The Balaban J connectivity index is 1.83. The van der Waals surface area contributed by atoms with E-state index in [1.54, 1.807) is 11.8 Å². The summed E-state index contributed by atoms with van der Waals surface area (Å²) in [7, 11) is 0. The third-order valence-corrected chi connectivity index (χ3v) is 5.36. The van der Waals surface area contributed by atoms with Crippen LogP contribution in [0.15, 0.2) is 0 Å². The molecule has 0 N–H and O–H groups in total. The molecule has 2 saturated carbocycles. The van der Waals surface area contributed by atoms with E-state index in [9.17, 15) is 9.59 Å². The number of Topliss-reactive ketones (excluding diaryl/α,β-unsaturated/α-hetero) is 2. The fourth-order valence-electron chi connectivity index (χ4n) is 2.57. The van der Waals surface area contributed by atoms with E-state index in [0.29, 0.717) is 30.3 Å². The Morgan fingerprint density at radius 1 is 1.06 bits per heavy atom. The van der Waals surface area contributed by atoms with Gasteiger partial charge in [-0.3, -0.25) is 9.59 Å². The van der Waals surface area contributed by atoms with Crippen molar-refractivity contribution in [3.63, 3.8) is 0 Å². The third kappa shape index (κ3) is 3.09. The molecular weight excluding hydrogens is 220 g/mol. The minimum atomic E-state index is -0.0142. The van der Waals surface area contributed by atoms with Crippen LogP contribution in [-0.2, 0) is 9.59 Å². The number of hydrogen-bond acceptors (Lipinski definition) is 3. The Morgan fingerprint density at radius 3 is 2.44 bits per heavy atom. The lowest BCUT2D eigenvalue weighted by atomic mass is 9.91. The molecule has 0 bridgehead atoms. The van der Waals surface area contributed by atoms with E-state index in [1.807, 2.05) is 0 Å². The highest BCUT2D eigenvalue weighted by atomic mass is 32.2. The van der Waals surface area contributed by atoms with Crippen molar-refractivity contribution in [2.45, 2.75) is 62.4 Å². The molecule has 0 heterocycles. The van der Waals surface area contributed by atoms with Gasteiger partial charge in [-0.1, -0.05) is 6.92 Å². The molecule has 0 aromatic rings. The van der Waals surface area contributed by atoms with Crippen LogP contribution in [-0.4, -0.2) is 22.1 Å². The van der Waals surface area contributed by atoms with Crippen molar-refractivity contribution in [3.8, 4) is 0 Å². The fourth-order valence-corrected chi connectivity index (χ4v) is 4.13. The summed E-state index contributed by atoms with van der Waals surface area (Å²) in [6, 6.07) is 0. The number of hydrogen-bond donors (Lipinski definition) is 0. The van der Waals surface area contributed by atoms with Gasteiger partial charge in [0.15, 0.2) is 0 Å². The summed E-state index contributed by atoms with van der Waals surface area (Å²) in [5.74, 6) is 1.44. The van der Waals surface area contributed by atoms with Gasteiger partial charge in [0.25, 0.3) is 0 Å². The van der Waals surface area contributed by atoms with Crippen molar-refractivity contribution in [2.75, 3.05) is 0 Å². The number of ketones is 2. The lowest BCUT2D eigenvalue weighted by Crippen LogP contribution is -2.30. The van der Waals surface area contributed by atoms with Crippen molar-refractivity contribution >= 4 is 23.3 Å². The summed E-state index contributed by atoms with van der Waals surface area (Å²) in [6.45, 7) is 2.30. The van der Waals surface area contributed by atoms with Gasteiger partial charge in [0.05, 0.1) is 5.25 Å². The third-order valence-electron chi connectivity index (χ3n) is 3.74. The molecule has 0 amide bonds. The summed E-state index contributed by atoms with van der Waals surface area (Å²) >= 11 is 1.78. The average Bonchev–Trinajstić information content (AvgIpc) is 2.27. The van der Waals surface area contributed by atoms with Crippen molar-refractivity contribution < 1.29 is 9.59 Å². The maximum Gasteiger partial charge on any atom is 0.146 e. The van der Waals surface area contributed by atoms with Crippen LogP contribution in [0.5, 0.6) is 0 Å². The Bertz CT molecular complexity index is 280. The topological polar surface area (TPSA) is 34.1 Å². The highest BCUT2D eigenvalue weighted by molar-refractivity contribution is 8.01. The minimum absolute atomic E-state index is 0.0142. The molecule has 2 rings (SSSR count). The van der Waals surface area contributed by atoms with E-state index < -0.39 is 0 Å². The molecule has 90 valence electrons. The second-order valence-corrected chi connectivity index (χ2v) is 6.72. The fraction of sp³-hybridized carbons (Fsp3) is 0.846. The Labute approximate surface area is 102 Å². The van der Waals surface area contributed by atoms with Crippen LogP contribution in [0.3, 0.4) is 0 Å². The first-order chi connectivity index (χ1) is 7.65. The molecule has 0 radical (unpaired) electrons. The Hall–Kier alpha value is -0.310. The number of rotatable bonds is 2. The largest absolute Gasteiger partial charge is 0.300 e. The van der Waals surface area contributed by atoms with Crippen LogP contribution in [0.2, 0.25) is 0 Å². The molecule has 1 unspecified atom stereocenters. The monoisotopic (exact) mass is 240 g/mol. The van der Waals surface area contributed by atoms with Crippen molar-refractivity contribution in [1.82, 2.24) is 0 Å². The summed E-state index contributed by atoms with van der Waals surface area (Å²) in [6.07, 6.45) is 6.49. The van der Waals surface area contributed by atoms with E-state index in [4.69, 9.17) is 0 Å². The lowest BCUT2D eigenvalue weighted by Gasteiger charge is -2.29. The van der Waals surface area contributed by atoms with Gasteiger partial charge in [0.2, 0.25) is 0 Å². The lowest BCUT2D eigenvalue weighted by molar-refractivity contribution is -0.128. The quantitative estimate of drug-likeness (QED) is 0.744. The summed E-state index contributed by atoms with van der Waals surface area (Å²) < 4.78 is 0. The number of carbonyl (C=O) groups excluding carboxylic acids is 2. The van der Waals surface area contributed by atoms with Crippen LogP contribution in [0.4, 0.5) is 0 Å². The predicted octanol–water partition coefficient (Wildman–Crippen LogP) is 2.99. The first kappa shape index (κ1) is 12.2. The Morgan fingerprint density at radius 2 is 1.75 bits per heavy atom. The molecule has 16 heavy (non-hydrogen) atoms. The number of carbonyl (C=O) groups is 2. The molecule has 0 saturated heterocycles. The van der Waals surface area contributed by atoms with Crippen molar-refractivity contribution in [2.24, 2.45) is 5.92 Å². The zero-order chi connectivity index (χ0) is 11.5. The summed E-state index contributed by atoms with van der Waals surface area (Å²) in [4.78, 5) is 23.1. The molecule has 2 nitrogen and oxygen atoms in total. The maximum absolute atomic E-state index is 11.7. The SMILES string of the molecule is CC1CCC(SC2CC(=O)CCC2=O)CC1. The molecule has 0 aromatic heterocycles. The van der Waals surface area contributed by atoms with Crippen LogP contribution in [0.1, 0.15) is 51.9 Å². The van der Waals surface area contributed by atoms with Crippen molar-refractivity contribution in [3.05, 3.63) is 0 Å². The second-order valence-electron chi connectivity index (χ2n) is 5.22. The molecule has 2 aliphatic carbocycles. The normalized spacial score (nSPS) is 36.4. The standard InChI is InChI=1S/C13H20O2S/c1-9-2-5-11(6-3-9)16-13-8-10(14)4-7-12(13)15/h9,11,13H,2-8H2,1H3.